The van der Waals surface area contributed by atoms with Crippen LogP contribution in [0.2, 0.25) is 0 Å². The molecule has 0 saturated carbocycles. The zero-order valence-electron chi connectivity index (χ0n) is 15.6. The van der Waals surface area contributed by atoms with Crippen LogP contribution in [0.25, 0.3) is 0 Å². The van der Waals surface area contributed by atoms with Crippen molar-refractivity contribution >= 4 is 17.7 Å². The lowest BCUT2D eigenvalue weighted by molar-refractivity contribution is 0.102. The van der Waals surface area contributed by atoms with Crippen molar-refractivity contribution in [3.63, 3.8) is 0 Å². The number of hydrogen-bond donors (Lipinski definition) is 1. The number of nitrogens with zero attached hydrogens (tertiary/aromatic N) is 1. The fraction of sp³-hybridized carbons (Fsp3) is 0.300. The maximum absolute atomic E-state index is 12.7. The van der Waals surface area contributed by atoms with Gasteiger partial charge in [-0.05, 0) is 41.8 Å². The van der Waals surface area contributed by atoms with Crippen molar-refractivity contribution in [1.82, 2.24) is 4.90 Å². The van der Waals surface area contributed by atoms with Crippen LogP contribution in [-0.2, 0) is 17.7 Å². The van der Waals surface area contributed by atoms with Gasteiger partial charge in [-0.25, -0.2) is 4.79 Å². The van der Waals surface area contributed by atoms with Crippen molar-refractivity contribution in [1.29, 1.82) is 0 Å². The van der Waals surface area contributed by atoms with Gasteiger partial charge in [0.2, 0.25) is 0 Å². The summed E-state index contributed by atoms with van der Waals surface area (Å²) in [5.74, 6) is 0.761. The van der Waals surface area contributed by atoms with Gasteiger partial charge in [0.1, 0.15) is 11.5 Å². The van der Waals surface area contributed by atoms with Gasteiger partial charge in [-0.2, -0.15) is 0 Å². The minimum atomic E-state index is -0.349. The van der Waals surface area contributed by atoms with Crippen LogP contribution < -0.4 is 14.8 Å². The van der Waals surface area contributed by atoms with E-state index in [0.29, 0.717) is 35.8 Å². The first-order valence-corrected chi connectivity index (χ1v) is 8.53. The highest BCUT2D eigenvalue weighted by atomic mass is 16.5. The maximum atomic E-state index is 12.7. The first-order chi connectivity index (χ1) is 13.0. The molecule has 0 unspecified atom stereocenters. The number of hydrogen-bond acceptors (Lipinski definition) is 5. The number of anilines is 1. The van der Waals surface area contributed by atoms with Gasteiger partial charge in [-0.15, -0.1) is 0 Å². The number of carbonyl (C=O) groups excluding carboxylic acids is 2. The highest BCUT2D eigenvalue weighted by Gasteiger charge is 2.22. The second-order valence-corrected chi connectivity index (χ2v) is 6.15. The second kappa shape index (κ2) is 7.99. The Labute approximate surface area is 157 Å². The summed E-state index contributed by atoms with van der Waals surface area (Å²) < 4.78 is 15.2. The normalized spacial score (nSPS) is 12.8. The molecule has 1 heterocycles. The van der Waals surface area contributed by atoms with Crippen LogP contribution in [0.4, 0.5) is 10.5 Å². The van der Waals surface area contributed by atoms with Gasteiger partial charge in [-0.3, -0.25) is 4.79 Å². The third kappa shape index (κ3) is 3.97. The summed E-state index contributed by atoms with van der Waals surface area (Å²) in [7, 11) is 4.43. The molecule has 1 aliphatic rings. The summed E-state index contributed by atoms with van der Waals surface area (Å²) in [6.07, 6.45) is 0.406. The van der Waals surface area contributed by atoms with Gasteiger partial charge in [0.25, 0.3) is 5.91 Å². The lowest BCUT2D eigenvalue weighted by atomic mass is 9.99. The van der Waals surface area contributed by atoms with Crippen molar-refractivity contribution in [2.45, 2.75) is 13.0 Å². The minimum Gasteiger partial charge on any atom is -0.497 e. The van der Waals surface area contributed by atoms with E-state index in [0.717, 1.165) is 17.5 Å². The van der Waals surface area contributed by atoms with E-state index in [1.807, 2.05) is 18.2 Å². The summed E-state index contributed by atoms with van der Waals surface area (Å²) in [6, 6.07) is 10.8. The molecule has 7 nitrogen and oxygen atoms in total. The molecule has 2 aromatic rings. The van der Waals surface area contributed by atoms with Gasteiger partial charge >= 0.3 is 6.09 Å². The van der Waals surface area contributed by atoms with Gasteiger partial charge in [0.05, 0.1) is 26.9 Å². The number of carbonyl (C=O) groups is 2. The van der Waals surface area contributed by atoms with E-state index in [-0.39, 0.29) is 12.0 Å². The lowest BCUT2D eigenvalue weighted by Gasteiger charge is -2.28. The SMILES string of the molecule is COC(=O)N1CCc2ccc(NC(=O)c3ccc(OC)cc3OC)cc2C1. The quantitative estimate of drug-likeness (QED) is 0.895. The fourth-order valence-electron chi connectivity index (χ4n) is 3.10. The van der Waals surface area contributed by atoms with E-state index >= 15 is 0 Å². The minimum absolute atomic E-state index is 0.282. The van der Waals surface area contributed by atoms with Crippen LogP contribution in [0.5, 0.6) is 11.5 Å². The highest BCUT2D eigenvalue weighted by Crippen LogP contribution is 2.27. The number of ether oxygens (including phenoxy) is 3. The van der Waals surface area contributed by atoms with Crippen molar-refractivity contribution in [2.75, 3.05) is 33.2 Å². The Morgan fingerprint density at radius 2 is 1.81 bits per heavy atom. The monoisotopic (exact) mass is 370 g/mol. The van der Waals surface area contributed by atoms with Crippen LogP contribution in [0.1, 0.15) is 21.5 Å². The van der Waals surface area contributed by atoms with Crippen molar-refractivity contribution in [2.24, 2.45) is 0 Å². The lowest BCUT2D eigenvalue weighted by Crippen LogP contribution is -2.35. The summed E-state index contributed by atoms with van der Waals surface area (Å²) >= 11 is 0. The molecular formula is C20H22N2O5. The molecule has 27 heavy (non-hydrogen) atoms. The summed E-state index contributed by atoms with van der Waals surface area (Å²) in [4.78, 5) is 26.1. The predicted octanol–water partition coefficient (Wildman–Crippen LogP) is 3.08. The van der Waals surface area contributed by atoms with Gasteiger partial charge in [0, 0.05) is 24.8 Å². The van der Waals surface area contributed by atoms with Crippen LogP contribution in [0.3, 0.4) is 0 Å². The Morgan fingerprint density at radius 3 is 2.52 bits per heavy atom. The highest BCUT2D eigenvalue weighted by molar-refractivity contribution is 6.06. The van der Waals surface area contributed by atoms with Crippen molar-refractivity contribution in [3.05, 3.63) is 53.1 Å². The third-order valence-corrected chi connectivity index (χ3v) is 4.56. The van der Waals surface area contributed by atoms with E-state index in [9.17, 15) is 9.59 Å². The zero-order chi connectivity index (χ0) is 19.4. The number of methoxy groups -OCH3 is 3. The van der Waals surface area contributed by atoms with Crippen molar-refractivity contribution < 1.29 is 23.8 Å². The zero-order valence-corrected chi connectivity index (χ0v) is 15.6. The van der Waals surface area contributed by atoms with Gasteiger partial charge in [0.15, 0.2) is 0 Å². The molecule has 0 aromatic heterocycles. The number of nitrogens with one attached hydrogen (secondary N) is 1. The topological polar surface area (TPSA) is 77.1 Å². The molecule has 0 fully saturated rings. The molecule has 0 spiro atoms. The van der Waals surface area contributed by atoms with Crippen LogP contribution in [-0.4, -0.2) is 44.8 Å². The first kappa shape index (κ1) is 18.6. The van der Waals surface area contributed by atoms with E-state index < -0.39 is 0 Å². The molecular weight excluding hydrogens is 348 g/mol. The Hall–Kier alpha value is -3.22. The van der Waals surface area contributed by atoms with Crippen LogP contribution in [0.15, 0.2) is 36.4 Å². The Morgan fingerprint density at radius 1 is 1.00 bits per heavy atom. The second-order valence-electron chi connectivity index (χ2n) is 6.15. The number of benzene rings is 2. The van der Waals surface area contributed by atoms with Gasteiger partial charge < -0.3 is 24.4 Å². The molecule has 1 N–H and O–H groups in total. The summed E-state index contributed by atoms with van der Waals surface area (Å²) in [5, 5.41) is 2.88. The van der Waals surface area contributed by atoms with E-state index in [2.05, 4.69) is 5.32 Å². The molecule has 7 heteroatoms. The Balaban J connectivity index is 1.79. The molecule has 0 radical (unpaired) electrons. The smallest absolute Gasteiger partial charge is 0.409 e. The Bertz CT molecular complexity index is 865. The largest absolute Gasteiger partial charge is 0.497 e. The molecule has 0 saturated heterocycles. The predicted molar refractivity (Wildman–Crippen MR) is 100 cm³/mol. The maximum Gasteiger partial charge on any atom is 0.409 e. The molecule has 3 rings (SSSR count). The average molecular weight is 370 g/mol. The number of amides is 2. The van der Waals surface area contributed by atoms with E-state index in [1.165, 1.54) is 14.2 Å². The van der Waals surface area contributed by atoms with Crippen molar-refractivity contribution in [3.8, 4) is 11.5 Å². The molecule has 0 atom stereocenters. The van der Waals surface area contributed by atoms with Gasteiger partial charge in [-0.1, -0.05) is 6.07 Å². The number of rotatable bonds is 4. The molecule has 142 valence electrons. The number of fused-ring (bicyclic) bond motifs is 1. The molecule has 1 aliphatic heterocycles. The summed E-state index contributed by atoms with van der Waals surface area (Å²) in [5.41, 5.74) is 3.22. The summed E-state index contributed by atoms with van der Waals surface area (Å²) in [6.45, 7) is 1.08. The van der Waals surface area contributed by atoms with Crippen LogP contribution >= 0.6 is 0 Å². The molecule has 2 aromatic carbocycles. The molecule has 2 amide bonds. The van der Waals surface area contributed by atoms with E-state index in [1.54, 1.807) is 30.2 Å². The average Bonchev–Trinajstić information content (AvgIpc) is 2.71. The molecule has 0 bridgehead atoms. The third-order valence-electron chi connectivity index (χ3n) is 4.56. The first-order valence-electron chi connectivity index (χ1n) is 8.53. The molecule has 0 aliphatic carbocycles. The van der Waals surface area contributed by atoms with E-state index in [4.69, 9.17) is 14.2 Å². The standard InChI is InChI=1S/C20H22N2O5/c1-25-16-6-7-17(18(11-16)26-2)19(23)21-15-5-4-13-8-9-22(20(24)27-3)12-14(13)10-15/h4-7,10-11H,8-9,12H2,1-3H3,(H,21,23). The fourth-order valence-corrected chi connectivity index (χ4v) is 3.10. The van der Waals surface area contributed by atoms with Crippen LogP contribution in [0, 0.1) is 0 Å². The Kier molecular flexibility index (Phi) is 5.49.